The fourth-order valence-corrected chi connectivity index (χ4v) is 3.37. The van der Waals surface area contributed by atoms with Crippen LogP contribution >= 0.6 is 23.6 Å². The zero-order valence-electron chi connectivity index (χ0n) is 13.3. The van der Waals surface area contributed by atoms with Gasteiger partial charge in [-0.15, -0.1) is 11.3 Å². The first-order chi connectivity index (χ1) is 11.4. The van der Waals surface area contributed by atoms with Gasteiger partial charge in [-0.05, 0) is 43.3 Å². The van der Waals surface area contributed by atoms with E-state index in [1.54, 1.807) is 6.08 Å². The molecule has 0 fully saturated rings. The van der Waals surface area contributed by atoms with E-state index in [1.165, 1.54) is 17.4 Å². The standard InChI is InChI=1S/C17H17N3O2S2/c1-10-11(2)24-16(14(10)15(18)22)20-17(23)19-13(21)9-8-12-6-4-3-5-7-12/h3-9H,1-2H3,(H2,18,22)(H2,19,20,21,23)/b9-8+. The minimum Gasteiger partial charge on any atom is -0.365 e. The Morgan fingerprint density at radius 1 is 1.21 bits per heavy atom. The average Bonchev–Trinajstić information content (AvgIpc) is 2.80. The zero-order valence-corrected chi connectivity index (χ0v) is 14.9. The highest BCUT2D eigenvalue weighted by molar-refractivity contribution is 7.80. The third kappa shape index (κ3) is 4.50. The van der Waals surface area contributed by atoms with Crippen molar-refractivity contribution in [1.82, 2.24) is 5.32 Å². The number of primary amides is 1. The highest BCUT2D eigenvalue weighted by Gasteiger charge is 2.18. The number of thiophene rings is 1. The lowest BCUT2D eigenvalue weighted by atomic mass is 10.1. The molecule has 1 aromatic heterocycles. The second-order valence-electron chi connectivity index (χ2n) is 5.04. The van der Waals surface area contributed by atoms with Gasteiger partial charge in [0, 0.05) is 11.0 Å². The molecule has 1 aromatic carbocycles. The number of thiocarbonyl (C=S) groups is 1. The molecule has 24 heavy (non-hydrogen) atoms. The van der Waals surface area contributed by atoms with Crippen molar-refractivity contribution in [2.24, 2.45) is 5.73 Å². The number of carbonyl (C=O) groups is 2. The van der Waals surface area contributed by atoms with Crippen molar-refractivity contribution in [3.63, 3.8) is 0 Å². The van der Waals surface area contributed by atoms with Gasteiger partial charge in [0.15, 0.2) is 5.11 Å². The van der Waals surface area contributed by atoms with Gasteiger partial charge in [-0.2, -0.15) is 0 Å². The first kappa shape index (κ1) is 17.8. The Morgan fingerprint density at radius 2 is 1.88 bits per heavy atom. The molecule has 0 unspecified atom stereocenters. The van der Waals surface area contributed by atoms with E-state index >= 15 is 0 Å². The van der Waals surface area contributed by atoms with Gasteiger partial charge in [0.05, 0.1) is 5.56 Å². The van der Waals surface area contributed by atoms with Gasteiger partial charge in [-0.1, -0.05) is 30.3 Å². The average molecular weight is 359 g/mol. The quantitative estimate of drug-likeness (QED) is 0.579. The molecule has 2 amide bonds. The number of nitrogens with two attached hydrogens (primary N) is 1. The monoisotopic (exact) mass is 359 g/mol. The predicted octanol–water partition coefficient (Wildman–Crippen LogP) is 2.99. The third-order valence-corrected chi connectivity index (χ3v) is 4.65. The molecule has 0 spiro atoms. The lowest BCUT2D eigenvalue weighted by Crippen LogP contribution is -2.33. The Balaban J connectivity index is 2.01. The van der Waals surface area contributed by atoms with E-state index in [-0.39, 0.29) is 11.0 Å². The summed E-state index contributed by atoms with van der Waals surface area (Å²) in [5, 5.41) is 6.06. The van der Waals surface area contributed by atoms with Crippen LogP contribution in [0.4, 0.5) is 5.00 Å². The topological polar surface area (TPSA) is 84.2 Å². The summed E-state index contributed by atoms with van der Waals surface area (Å²) >= 11 is 6.49. The maximum atomic E-state index is 11.9. The summed E-state index contributed by atoms with van der Waals surface area (Å²) in [6, 6.07) is 9.44. The molecule has 0 radical (unpaired) electrons. The molecule has 5 nitrogen and oxygen atoms in total. The Bertz CT molecular complexity index is 811. The zero-order chi connectivity index (χ0) is 17.7. The fraction of sp³-hybridized carbons (Fsp3) is 0.118. The summed E-state index contributed by atoms with van der Waals surface area (Å²) < 4.78 is 0. The van der Waals surface area contributed by atoms with Gasteiger partial charge < -0.3 is 11.1 Å². The van der Waals surface area contributed by atoms with Crippen molar-refractivity contribution in [2.45, 2.75) is 13.8 Å². The molecule has 0 aliphatic carbocycles. The second-order valence-corrected chi connectivity index (χ2v) is 6.67. The summed E-state index contributed by atoms with van der Waals surface area (Å²) in [4.78, 5) is 24.4. The predicted molar refractivity (Wildman–Crippen MR) is 102 cm³/mol. The minimum absolute atomic E-state index is 0.112. The van der Waals surface area contributed by atoms with Crippen molar-refractivity contribution < 1.29 is 9.59 Å². The molecule has 0 saturated heterocycles. The Morgan fingerprint density at radius 3 is 2.50 bits per heavy atom. The van der Waals surface area contributed by atoms with Crippen LogP contribution < -0.4 is 16.4 Å². The Hall–Kier alpha value is -2.51. The maximum absolute atomic E-state index is 11.9. The normalized spacial score (nSPS) is 10.6. The largest absolute Gasteiger partial charge is 0.365 e. The van der Waals surface area contributed by atoms with Gasteiger partial charge >= 0.3 is 0 Å². The van der Waals surface area contributed by atoms with E-state index in [4.69, 9.17) is 18.0 Å². The number of nitrogens with one attached hydrogen (secondary N) is 2. The molecule has 0 bridgehead atoms. The van der Waals surface area contributed by atoms with Crippen LogP contribution in [0.15, 0.2) is 36.4 Å². The number of hydrogen-bond acceptors (Lipinski definition) is 4. The number of aryl methyl sites for hydroxylation is 1. The molecule has 0 saturated carbocycles. The Kier molecular flexibility index (Phi) is 5.83. The minimum atomic E-state index is -0.530. The number of benzene rings is 1. The van der Waals surface area contributed by atoms with Crippen molar-refractivity contribution in [3.8, 4) is 0 Å². The summed E-state index contributed by atoms with van der Waals surface area (Å²) in [6.07, 6.45) is 3.08. The molecule has 1 heterocycles. The molecule has 2 rings (SSSR count). The van der Waals surface area contributed by atoms with Crippen LogP contribution in [-0.2, 0) is 4.79 Å². The van der Waals surface area contributed by atoms with Gasteiger partial charge in [-0.25, -0.2) is 0 Å². The van der Waals surface area contributed by atoms with Crippen LogP contribution in [0, 0.1) is 13.8 Å². The molecular formula is C17H17N3O2S2. The highest BCUT2D eigenvalue weighted by atomic mass is 32.1. The van der Waals surface area contributed by atoms with Crippen molar-refractivity contribution in [2.75, 3.05) is 5.32 Å². The number of anilines is 1. The van der Waals surface area contributed by atoms with Crippen LogP contribution in [0.5, 0.6) is 0 Å². The van der Waals surface area contributed by atoms with Gasteiger partial charge in [-0.3, -0.25) is 14.9 Å². The summed E-state index contributed by atoms with van der Waals surface area (Å²) in [5.74, 6) is -0.889. The fourth-order valence-electron chi connectivity index (χ4n) is 2.04. The first-order valence-corrected chi connectivity index (χ1v) is 8.36. The molecule has 124 valence electrons. The lowest BCUT2D eigenvalue weighted by Gasteiger charge is -2.07. The van der Waals surface area contributed by atoms with E-state index in [1.807, 2.05) is 44.2 Å². The first-order valence-electron chi connectivity index (χ1n) is 7.13. The van der Waals surface area contributed by atoms with Crippen molar-refractivity contribution in [3.05, 3.63) is 58.0 Å². The van der Waals surface area contributed by atoms with Crippen LogP contribution in [0.1, 0.15) is 26.4 Å². The summed E-state index contributed by atoms with van der Waals surface area (Å²) in [6.45, 7) is 3.71. The smallest absolute Gasteiger partial charge is 0.251 e. The second kappa shape index (κ2) is 7.85. The molecule has 7 heteroatoms. The molecule has 0 aliphatic rings. The summed E-state index contributed by atoms with van der Waals surface area (Å²) in [5.41, 5.74) is 7.52. The SMILES string of the molecule is Cc1sc(NC(=S)NC(=O)/C=C/c2ccccc2)c(C(N)=O)c1C. The molecule has 4 N–H and O–H groups in total. The summed E-state index contributed by atoms with van der Waals surface area (Å²) in [7, 11) is 0. The van der Waals surface area contributed by atoms with Gasteiger partial charge in [0.1, 0.15) is 5.00 Å². The van der Waals surface area contributed by atoms with E-state index in [0.717, 1.165) is 16.0 Å². The number of amides is 2. The van der Waals surface area contributed by atoms with Crippen LogP contribution in [0.3, 0.4) is 0 Å². The lowest BCUT2D eigenvalue weighted by molar-refractivity contribution is -0.115. The van der Waals surface area contributed by atoms with Crippen LogP contribution in [-0.4, -0.2) is 16.9 Å². The number of carbonyl (C=O) groups excluding carboxylic acids is 2. The highest BCUT2D eigenvalue weighted by Crippen LogP contribution is 2.31. The third-order valence-electron chi connectivity index (χ3n) is 3.32. The molecule has 2 aromatic rings. The molecule has 0 atom stereocenters. The van der Waals surface area contributed by atoms with Gasteiger partial charge in [0.25, 0.3) is 5.91 Å². The van der Waals surface area contributed by atoms with E-state index in [9.17, 15) is 9.59 Å². The van der Waals surface area contributed by atoms with E-state index in [0.29, 0.717) is 10.6 Å². The maximum Gasteiger partial charge on any atom is 0.251 e. The van der Waals surface area contributed by atoms with Crippen LogP contribution in [0.2, 0.25) is 0 Å². The van der Waals surface area contributed by atoms with E-state index in [2.05, 4.69) is 10.6 Å². The van der Waals surface area contributed by atoms with Gasteiger partial charge in [0.2, 0.25) is 5.91 Å². The van der Waals surface area contributed by atoms with Crippen molar-refractivity contribution >= 4 is 51.6 Å². The molecular weight excluding hydrogens is 342 g/mol. The van der Waals surface area contributed by atoms with Crippen LogP contribution in [0.25, 0.3) is 6.08 Å². The molecule has 0 aliphatic heterocycles. The number of rotatable bonds is 4. The van der Waals surface area contributed by atoms with Crippen molar-refractivity contribution in [1.29, 1.82) is 0 Å². The number of hydrogen-bond donors (Lipinski definition) is 3. The Labute approximate surface area is 149 Å². The van der Waals surface area contributed by atoms with E-state index < -0.39 is 5.91 Å².